The fourth-order valence-corrected chi connectivity index (χ4v) is 2.72. The summed E-state index contributed by atoms with van der Waals surface area (Å²) in [6.45, 7) is 6.02. The SMILES string of the molecule is CCN(C(=O)CN[C@H](C)Cn1cccn1)C1=CCCCC1. The van der Waals surface area contributed by atoms with E-state index in [4.69, 9.17) is 0 Å². The number of rotatable bonds is 7. The van der Waals surface area contributed by atoms with Gasteiger partial charge in [0, 0.05) is 30.7 Å². The molecule has 1 amide bonds. The number of hydrogen-bond donors (Lipinski definition) is 1. The van der Waals surface area contributed by atoms with Crippen LogP contribution in [0.1, 0.15) is 39.5 Å². The van der Waals surface area contributed by atoms with E-state index in [1.807, 2.05) is 28.8 Å². The lowest BCUT2D eigenvalue weighted by atomic mass is 10.0. The molecular weight excluding hydrogens is 264 g/mol. The molecule has 1 heterocycles. The van der Waals surface area contributed by atoms with Gasteiger partial charge in [-0.15, -0.1) is 0 Å². The van der Waals surface area contributed by atoms with Crippen LogP contribution >= 0.6 is 0 Å². The van der Waals surface area contributed by atoms with Crippen molar-refractivity contribution in [3.8, 4) is 0 Å². The lowest BCUT2D eigenvalue weighted by Gasteiger charge is -2.27. The van der Waals surface area contributed by atoms with Gasteiger partial charge in [0.05, 0.1) is 13.1 Å². The van der Waals surface area contributed by atoms with E-state index in [9.17, 15) is 4.79 Å². The molecule has 0 spiro atoms. The van der Waals surface area contributed by atoms with Crippen molar-refractivity contribution in [2.75, 3.05) is 13.1 Å². The number of carbonyl (C=O) groups is 1. The highest BCUT2D eigenvalue weighted by Crippen LogP contribution is 2.20. The third-order valence-corrected chi connectivity index (χ3v) is 3.85. The van der Waals surface area contributed by atoms with Gasteiger partial charge in [-0.2, -0.15) is 5.10 Å². The molecule has 1 aromatic heterocycles. The molecule has 1 atom stereocenters. The summed E-state index contributed by atoms with van der Waals surface area (Å²) in [5.41, 5.74) is 1.20. The highest BCUT2D eigenvalue weighted by molar-refractivity contribution is 5.80. The van der Waals surface area contributed by atoms with E-state index in [2.05, 4.69) is 23.4 Å². The Kier molecular flexibility index (Phi) is 5.99. The number of carbonyl (C=O) groups excluding carboxylic acids is 1. The first-order chi connectivity index (χ1) is 10.2. The molecular formula is C16H26N4O. The largest absolute Gasteiger partial charge is 0.316 e. The fraction of sp³-hybridized carbons (Fsp3) is 0.625. The van der Waals surface area contributed by atoms with Crippen LogP contribution in [-0.4, -0.2) is 39.7 Å². The van der Waals surface area contributed by atoms with Crippen molar-refractivity contribution < 1.29 is 4.79 Å². The van der Waals surface area contributed by atoms with Gasteiger partial charge in [-0.3, -0.25) is 9.48 Å². The molecule has 0 aromatic carbocycles. The lowest BCUT2D eigenvalue weighted by Crippen LogP contribution is -2.42. The van der Waals surface area contributed by atoms with Crippen LogP contribution in [0.15, 0.2) is 30.2 Å². The predicted molar refractivity (Wildman–Crippen MR) is 83.6 cm³/mol. The third kappa shape index (κ3) is 4.70. The van der Waals surface area contributed by atoms with E-state index < -0.39 is 0 Å². The van der Waals surface area contributed by atoms with E-state index in [1.54, 1.807) is 6.20 Å². The Morgan fingerprint density at radius 3 is 3.00 bits per heavy atom. The van der Waals surface area contributed by atoms with Gasteiger partial charge in [-0.05, 0) is 45.6 Å². The minimum atomic E-state index is 0.165. The summed E-state index contributed by atoms with van der Waals surface area (Å²) in [7, 11) is 0. The molecule has 1 N–H and O–H groups in total. The van der Waals surface area contributed by atoms with Crippen LogP contribution in [-0.2, 0) is 11.3 Å². The molecule has 1 aromatic rings. The van der Waals surface area contributed by atoms with Gasteiger partial charge >= 0.3 is 0 Å². The lowest BCUT2D eigenvalue weighted by molar-refractivity contribution is -0.128. The summed E-state index contributed by atoms with van der Waals surface area (Å²) in [6.07, 6.45) is 10.5. The Labute approximate surface area is 127 Å². The quantitative estimate of drug-likeness (QED) is 0.837. The molecule has 0 unspecified atom stereocenters. The van der Waals surface area contributed by atoms with Crippen LogP contribution in [0.3, 0.4) is 0 Å². The zero-order valence-electron chi connectivity index (χ0n) is 13.1. The molecule has 1 aliphatic rings. The predicted octanol–water partition coefficient (Wildman–Crippen LogP) is 2.17. The second kappa shape index (κ2) is 7.98. The molecule has 5 heteroatoms. The van der Waals surface area contributed by atoms with Gasteiger partial charge in [0.2, 0.25) is 5.91 Å². The molecule has 5 nitrogen and oxygen atoms in total. The normalized spacial score (nSPS) is 16.4. The molecule has 2 rings (SSSR count). The molecule has 0 fully saturated rings. The minimum Gasteiger partial charge on any atom is -0.316 e. The van der Waals surface area contributed by atoms with Crippen LogP contribution in [0.2, 0.25) is 0 Å². The van der Waals surface area contributed by atoms with Crippen molar-refractivity contribution in [1.29, 1.82) is 0 Å². The Bertz CT molecular complexity index is 467. The van der Waals surface area contributed by atoms with Crippen molar-refractivity contribution in [2.24, 2.45) is 0 Å². The monoisotopic (exact) mass is 290 g/mol. The Morgan fingerprint density at radius 2 is 2.38 bits per heavy atom. The van der Waals surface area contributed by atoms with Crippen molar-refractivity contribution in [3.63, 3.8) is 0 Å². The summed E-state index contributed by atoms with van der Waals surface area (Å²) < 4.78 is 1.88. The Hall–Kier alpha value is -1.62. The van der Waals surface area contributed by atoms with Crippen LogP contribution in [0.5, 0.6) is 0 Å². The first kappa shape index (κ1) is 15.8. The summed E-state index contributed by atoms with van der Waals surface area (Å²) in [5, 5.41) is 7.48. The van der Waals surface area contributed by atoms with Crippen LogP contribution in [0.25, 0.3) is 0 Å². The average molecular weight is 290 g/mol. The fourth-order valence-electron chi connectivity index (χ4n) is 2.72. The van der Waals surface area contributed by atoms with E-state index in [-0.39, 0.29) is 11.9 Å². The van der Waals surface area contributed by atoms with Crippen molar-refractivity contribution in [1.82, 2.24) is 20.0 Å². The average Bonchev–Trinajstić information content (AvgIpc) is 3.00. The molecule has 0 saturated carbocycles. The third-order valence-electron chi connectivity index (χ3n) is 3.85. The van der Waals surface area contributed by atoms with Crippen LogP contribution < -0.4 is 5.32 Å². The number of nitrogens with zero attached hydrogens (tertiary/aromatic N) is 3. The first-order valence-electron chi connectivity index (χ1n) is 7.91. The van der Waals surface area contributed by atoms with Gasteiger partial charge in [-0.25, -0.2) is 0 Å². The van der Waals surface area contributed by atoms with E-state index in [0.717, 1.165) is 25.9 Å². The number of hydrogen-bond acceptors (Lipinski definition) is 3. The molecule has 21 heavy (non-hydrogen) atoms. The van der Waals surface area contributed by atoms with Gasteiger partial charge < -0.3 is 10.2 Å². The van der Waals surface area contributed by atoms with Crippen LogP contribution in [0.4, 0.5) is 0 Å². The van der Waals surface area contributed by atoms with Gasteiger partial charge in [0.1, 0.15) is 0 Å². The minimum absolute atomic E-state index is 0.165. The molecule has 0 aliphatic heterocycles. The molecule has 116 valence electrons. The topological polar surface area (TPSA) is 50.2 Å². The number of aromatic nitrogens is 2. The summed E-state index contributed by atoms with van der Waals surface area (Å²) >= 11 is 0. The molecule has 0 bridgehead atoms. The maximum Gasteiger partial charge on any atom is 0.240 e. The van der Waals surface area contributed by atoms with Crippen molar-refractivity contribution >= 4 is 5.91 Å². The summed E-state index contributed by atoms with van der Waals surface area (Å²) in [6, 6.07) is 2.12. The summed E-state index contributed by atoms with van der Waals surface area (Å²) in [5.74, 6) is 0.165. The van der Waals surface area contributed by atoms with Crippen molar-refractivity contribution in [2.45, 2.75) is 52.1 Å². The van der Waals surface area contributed by atoms with Gasteiger partial charge in [0.15, 0.2) is 0 Å². The van der Waals surface area contributed by atoms with Gasteiger partial charge in [-0.1, -0.05) is 6.08 Å². The number of likely N-dealkylation sites (N-methyl/N-ethyl adjacent to an activating group) is 1. The first-order valence-corrected chi connectivity index (χ1v) is 7.91. The maximum absolute atomic E-state index is 12.4. The maximum atomic E-state index is 12.4. The molecule has 1 aliphatic carbocycles. The zero-order valence-corrected chi connectivity index (χ0v) is 13.1. The van der Waals surface area contributed by atoms with E-state index in [1.165, 1.54) is 18.5 Å². The highest BCUT2D eigenvalue weighted by atomic mass is 16.2. The molecule has 0 saturated heterocycles. The van der Waals surface area contributed by atoms with Gasteiger partial charge in [0.25, 0.3) is 0 Å². The van der Waals surface area contributed by atoms with Crippen LogP contribution in [0, 0.1) is 0 Å². The number of allylic oxidation sites excluding steroid dienone is 2. The molecule has 0 radical (unpaired) electrons. The second-order valence-electron chi connectivity index (χ2n) is 5.59. The number of nitrogens with one attached hydrogen (secondary N) is 1. The Morgan fingerprint density at radius 1 is 1.52 bits per heavy atom. The van der Waals surface area contributed by atoms with Crippen molar-refractivity contribution in [3.05, 3.63) is 30.2 Å². The zero-order chi connectivity index (χ0) is 15.1. The smallest absolute Gasteiger partial charge is 0.240 e. The second-order valence-corrected chi connectivity index (χ2v) is 5.59. The Balaban J connectivity index is 1.80. The standard InChI is InChI=1S/C16H26N4O/c1-3-20(15-8-5-4-6-9-15)16(21)12-17-14(2)13-19-11-7-10-18-19/h7-8,10-11,14,17H,3-6,9,12-13H2,1-2H3/t14-/m1/s1. The van der Waals surface area contributed by atoms with E-state index >= 15 is 0 Å². The summed E-state index contributed by atoms with van der Waals surface area (Å²) in [4.78, 5) is 14.3. The van der Waals surface area contributed by atoms with E-state index in [0.29, 0.717) is 6.54 Å². The highest BCUT2D eigenvalue weighted by Gasteiger charge is 2.18. The number of amides is 1.